The lowest BCUT2D eigenvalue weighted by molar-refractivity contribution is -0.128. The van der Waals surface area contributed by atoms with Crippen LogP contribution in [0.25, 0.3) is 0 Å². The van der Waals surface area contributed by atoms with Gasteiger partial charge >= 0.3 is 0 Å². The van der Waals surface area contributed by atoms with Crippen molar-refractivity contribution in [3.63, 3.8) is 0 Å². The largest absolute Gasteiger partial charge is 0.350 e. The Hall–Kier alpha value is -3.38. The molecule has 3 aromatic carbocycles. The maximum Gasteiger partial charge on any atom is 0.243 e. The minimum Gasteiger partial charge on any atom is -0.350 e. The summed E-state index contributed by atoms with van der Waals surface area (Å²) in [6, 6.07) is 25.6. The van der Waals surface area contributed by atoms with E-state index in [0.717, 1.165) is 28.5 Å². The van der Waals surface area contributed by atoms with Crippen molar-refractivity contribution in [3.8, 4) is 0 Å². The lowest BCUT2D eigenvalue weighted by Gasteiger charge is -2.21. The van der Waals surface area contributed by atoms with E-state index in [1.165, 1.54) is 0 Å². The molecular formula is C26H24N2O3S. The molecule has 0 spiro atoms. The second-order valence-electron chi connectivity index (χ2n) is 7.70. The fourth-order valence-corrected chi connectivity index (χ4v) is 4.70. The highest BCUT2D eigenvalue weighted by molar-refractivity contribution is 8.15. The molecule has 32 heavy (non-hydrogen) atoms. The van der Waals surface area contributed by atoms with Gasteiger partial charge in [0.05, 0.1) is 5.25 Å². The molecule has 0 aromatic heterocycles. The van der Waals surface area contributed by atoms with Crippen LogP contribution in [0.15, 0.2) is 84.9 Å². The maximum absolute atomic E-state index is 13.3. The Bertz CT molecular complexity index is 1100. The minimum atomic E-state index is -0.683. The van der Waals surface area contributed by atoms with Crippen molar-refractivity contribution in [2.24, 2.45) is 0 Å². The number of carbonyl (C=O) groups is 3. The third-order valence-electron chi connectivity index (χ3n) is 5.44. The molecule has 1 heterocycles. The lowest BCUT2D eigenvalue weighted by atomic mass is 10.0. The van der Waals surface area contributed by atoms with Crippen LogP contribution >= 0.6 is 11.8 Å². The zero-order chi connectivity index (χ0) is 22.3. The normalized spacial score (nSPS) is 16.2. The summed E-state index contributed by atoms with van der Waals surface area (Å²) in [5, 5.41) is 4.96. The van der Waals surface area contributed by atoms with Crippen LogP contribution in [0.5, 0.6) is 0 Å². The SMILES string of the molecule is O=C(SC(Cc1ccccc1)C(=O)NC1Cc2ccccc2CNC1=O)c1ccccc1. The minimum absolute atomic E-state index is 0.169. The quantitative estimate of drug-likeness (QED) is 0.610. The Labute approximate surface area is 191 Å². The van der Waals surface area contributed by atoms with Crippen molar-refractivity contribution >= 4 is 28.7 Å². The van der Waals surface area contributed by atoms with Gasteiger partial charge in [-0.05, 0) is 23.1 Å². The first-order valence-electron chi connectivity index (χ1n) is 10.5. The van der Waals surface area contributed by atoms with Crippen LogP contribution in [0.2, 0.25) is 0 Å². The Kier molecular flexibility index (Phi) is 7.02. The molecule has 3 aromatic rings. The molecule has 0 aliphatic carbocycles. The van der Waals surface area contributed by atoms with E-state index in [-0.39, 0.29) is 16.9 Å². The van der Waals surface area contributed by atoms with Crippen molar-refractivity contribution < 1.29 is 14.4 Å². The third-order valence-corrected chi connectivity index (χ3v) is 6.56. The monoisotopic (exact) mass is 444 g/mol. The van der Waals surface area contributed by atoms with Gasteiger partial charge in [-0.3, -0.25) is 14.4 Å². The van der Waals surface area contributed by atoms with Gasteiger partial charge in [-0.15, -0.1) is 0 Å². The van der Waals surface area contributed by atoms with Gasteiger partial charge in [0.1, 0.15) is 6.04 Å². The van der Waals surface area contributed by atoms with Crippen molar-refractivity contribution in [3.05, 3.63) is 107 Å². The van der Waals surface area contributed by atoms with Gasteiger partial charge in [-0.2, -0.15) is 0 Å². The molecule has 2 atom stereocenters. The molecule has 0 radical (unpaired) electrons. The second kappa shape index (κ2) is 10.3. The second-order valence-corrected chi connectivity index (χ2v) is 8.88. The summed E-state index contributed by atoms with van der Waals surface area (Å²) < 4.78 is 0. The first-order valence-corrected chi connectivity index (χ1v) is 11.4. The predicted molar refractivity (Wildman–Crippen MR) is 126 cm³/mol. The molecule has 162 valence electrons. The molecule has 1 aliphatic heterocycles. The Morgan fingerprint density at radius 3 is 2.25 bits per heavy atom. The smallest absolute Gasteiger partial charge is 0.243 e. The molecule has 6 heteroatoms. The van der Waals surface area contributed by atoms with Crippen molar-refractivity contribution in [2.45, 2.75) is 30.7 Å². The van der Waals surface area contributed by atoms with Crippen LogP contribution in [0, 0.1) is 0 Å². The van der Waals surface area contributed by atoms with E-state index in [9.17, 15) is 14.4 Å². The molecule has 1 aliphatic rings. The number of hydrogen-bond acceptors (Lipinski definition) is 4. The van der Waals surface area contributed by atoms with Crippen molar-refractivity contribution in [1.82, 2.24) is 10.6 Å². The fraction of sp³-hybridized carbons (Fsp3) is 0.192. The number of amides is 2. The number of rotatable bonds is 6. The number of carbonyl (C=O) groups excluding carboxylic acids is 3. The van der Waals surface area contributed by atoms with Crippen molar-refractivity contribution in [1.29, 1.82) is 0 Å². The van der Waals surface area contributed by atoms with Crippen LogP contribution in [-0.2, 0) is 29.0 Å². The maximum atomic E-state index is 13.3. The molecule has 2 unspecified atom stereocenters. The van der Waals surface area contributed by atoms with Crippen molar-refractivity contribution in [2.75, 3.05) is 0 Å². The van der Waals surface area contributed by atoms with E-state index in [1.54, 1.807) is 24.3 Å². The molecule has 2 amide bonds. The highest BCUT2D eigenvalue weighted by atomic mass is 32.2. The van der Waals surface area contributed by atoms with E-state index in [1.807, 2.05) is 60.7 Å². The van der Waals surface area contributed by atoms with E-state index >= 15 is 0 Å². The van der Waals surface area contributed by atoms with E-state index in [2.05, 4.69) is 10.6 Å². The third kappa shape index (κ3) is 5.45. The fourth-order valence-electron chi connectivity index (χ4n) is 3.72. The highest BCUT2D eigenvalue weighted by Gasteiger charge is 2.30. The molecule has 0 bridgehead atoms. The number of nitrogens with one attached hydrogen (secondary N) is 2. The predicted octanol–water partition coefficient (Wildman–Crippen LogP) is 3.53. The molecule has 0 saturated carbocycles. The average Bonchev–Trinajstić information content (AvgIpc) is 2.98. The summed E-state index contributed by atoms with van der Waals surface area (Å²) in [5.41, 5.74) is 3.58. The average molecular weight is 445 g/mol. The Morgan fingerprint density at radius 2 is 1.53 bits per heavy atom. The van der Waals surface area contributed by atoms with Gasteiger partial charge in [0.15, 0.2) is 0 Å². The first kappa shape index (κ1) is 21.8. The van der Waals surface area contributed by atoms with Crippen LogP contribution in [0.3, 0.4) is 0 Å². The van der Waals surface area contributed by atoms with Gasteiger partial charge < -0.3 is 10.6 Å². The number of hydrogen-bond donors (Lipinski definition) is 2. The molecule has 2 N–H and O–H groups in total. The Balaban J connectivity index is 1.52. The van der Waals surface area contributed by atoms with Crippen LogP contribution in [0.1, 0.15) is 27.0 Å². The highest BCUT2D eigenvalue weighted by Crippen LogP contribution is 2.23. The van der Waals surface area contributed by atoms with Crippen LogP contribution < -0.4 is 10.6 Å². The molecule has 0 fully saturated rings. The summed E-state index contributed by atoms with van der Waals surface area (Å²) in [7, 11) is 0. The number of fused-ring (bicyclic) bond motifs is 1. The van der Waals surface area contributed by atoms with Crippen LogP contribution in [0.4, 0.5) is 0 Å². The number of benzene rings is 3. The molecule has 0 saturated heterocycles. The molecular weight excluding hydrogens is 420 g/mol. The van der Waals surface area contributed by atoms with Gasteiger partial charge in [-0.1, -0.05) is 96.7 Å². The summed E-state index contributed by atoms with van der Waals surface area (Å²) in [6.45, 7) is 0.441. The van der Waals surface area contributed by atoms with Gasteiger partial charge in [0.2, 0.25) is 16.9 Å². The standard InChI is InChI=1S/C26H24N2O3S/c29-24-22(16-20-13-7-8-14-21(20)17-27-24)28-25(30)23(15-18-9-3-1-4-10-18)32-26(31)19-11-5-2-6-12-19/h1-14,22-23H,15-17H2,(H,27,29)(H,28,30). The van der Waals surface area contributed by atoms with E-state index in [0.29, 0.717) is 24.9 Å². The zero-order valence-electron chi connectivity index (χ0n) is 17.5. The van der Waals surface area contributed by atoms with Crippen LogP contribution in [-0.4, -0.2) is 28.2 Å². The Morgan fingerprint density at radius 1 is 0.906 bits per heavy atom. The topological polar surface area (TPSA) is 75.3 Å². The van der Waals surface area contributed by atoms with Gasteiger partial charge in [0, 0.05) is 18.5 Å². The van der Waals surface area contributed by atoms with E-state index in [4.69, 9.17) is 0 Å². The summed E-state index contributed by atoms with van der Waals surface area (Å²) in [5.74, 6) is -0.532. The number of thioether (sulfide) groups is 1. The van der Waals surface area contributed by atoms with E-state index < -0.39 is 11.3 Å². The molecule has 4 rings (SSSR count). The summed E-state index contributed by atoms with van der Waals surface area (Å²) in [4.78, 5) is 38.8. The lowest BCUT2D eigenvalue weighted by Crippen LogP contribution is -2.49. The van der Waals surface area contributed by atoms with Gasteiger partial charge in [-0.25, -0.2) is 0 Å². The summed E-state index contributed by atoms with van der Waals surface area (Å²) in [6.07, 6.45) is 0.809. The van der Waals surface area contributed by atoms with Gasteiger partial charge in [0.25, 0.3) is 0 Å². The summed E-state index contributed by atoms with van der Waals surface area (Å²) >= 11 is 0.999. The first-order chi connectivity index (χ1) is 15.6. The molecule has 5 nitrogen and oxygen atoms in total. The zero-order valence-corrected chi connectivity index (χ0v) is 18.3.